The van der Waals surface area contributed by atoms with Crippen LogP contribution in [0.2, 0.25) is 0 Å². The van der Waals surface area contributed by atoms with Gasteiger partial charge in [0, 0.05) is 19.1 Å². The largest absolute Gasteiger partial charge is 0.481 e. The Morgan fingerprint density at radius 2 is 1.88 bits per heavy atom. The number of hydrogen-bond acceptors (Lipinski definition) is 3. The third-order valence-corrected chi connectivity index (χ3v) is 3.69. The number of carboxylic acid groups (broad SMARTS) is 1. The summed E-state index contributed by atoms with van der Waals surface area (Å²) in [5.74, 6) is -1.63. The molecule has 1 heterocycles. The van der Waals surface area contributed by atoms with Crippen LogP contribution in [0.25, 0.3) is 0 Å². The van der Waals surface area contributed by atoms with Crippen molar-refractivity contribution in [2.45, 2.75) is 31.7 Å². The van der Waals surface area contributed by atoms with Gasteiger partial charge in [0.05, 0.1) is 11.8 Å². The summed E-state index contributed by atoms with van der Waals surface area (Å²) in [6.07, 6.45) is 3.01. The fourth-order valence-corrected chi connectivity index (χ4v) is 2.77. The molecule has 16 heavy (non-hydrogen) atoms. The Bertz CT molecular complexity index is 306. The fraction of sp³-hybridized carbons (Fsp3) is 0.818. The van der Waals surface area contributed by atoms with Crippen molar-refractivity contribution in [2.24, 2.45) is 17.6 Å². The molecule has 3 atom stereocenters. The Hall–Kier alpha value is -1.10. The van der Waals surface area contributed by atoms with E-state index in [1.54, 1.807) is 4.90 Å². The number of aliphatic carboxylic acids is 1. The van der Waals surface area contributed by atoms with Gasteiger partial charge in [-0.15, -0.1) is 0 Å². The Kier molecular flexibility index (Phi) is 3.14. The first-order valence-corrected chi connectivity index (χ1v) is 5.86. The van der Waals surface area contributed by atoms with E-state index >= 15 is 0 Å². The fourth-order valence-electron chi connectivity index (χ4n) is 2.77. The second kappa shape index (κ2) is 4.41. The summed E-state index contributed by atoms with van der Waals surface area (Å²) >= 11 is 0. The number of likely N-dealkylation sites (tertiary alicyclic amines) is 1. The molecule has 1 saturated carbocycles. The molecular weight excluding hydrogens is 208 g/mol. The van der Waals surface area contributed by atoms with Crippen molar-refractivity contribution in [1.29, 1.82) is 0 Å². The van der Waals surface area contributed by atoms with E-state index in [1.807, 2.05) is 0 Å². The number of carbonyl (C=O) groups is 2. The van der Waals surface area contributed by atoms with E-state index in [0.29, 0.717) is 25.9 Å². The molecule has 1 amide bonds. The SMILES string of the molecule is NC1CCN(C(=O)C2CCCC2C(=O)O)C1. The monoisotopic (exact) mass is 226 g/mol. The van der Waals surface area contributed by atoms with Gasteiger partial charge in [-0.3, -0.25) is 9.59 Å². The lowest BCUT2D eigenvalue weighted by atomic mass is 9.95. The van der Waals surface area contributed by atoms with Gasteiger partial charge in [0.2, 0.25) is 5.91 Å². The minimum atomic E-state index is -0.834. The van der Waals surface area contributed by atoms with E-state index in [4.69, 9.17) is 10.8 Å². The van der Waals surface area contributed by atoms with Crippen LogP contribution < -0.4 is 5.73 Å². The highest BCUT2D eigenvalue weighted by molar-refractivity contribution is 5.85. The van der Waals surface area contributed by atoms with Crippen molar-refractivity contribution in [3.8, 4) is 0 Å². The summed E-state index contributed by atoms with van der Waals surface area (Å²) in [7, 11) is 0. The number of nitrogens with zero attached hydrogens (tertiary/aromatic N) is 1. The average Bonchev–Trinajstić information content (AvgIpc) is 2.84. The molecule has 0 bridgehead atoms. The highest BCUT2D eigenvalue weighted by Gasteiger charge is 2.40. The number of carboxylic acids is 1. The Labute approximate surface area is 94.6 Å². The first-order chi connectivity index (χ1) is 7.59. The maximum absolute atomic E-state index is 12.1. The Morgan fingerprint density at radius 3 is 2.44 bits per heavy atom. The zero-order valence-electron chi connectivity index (χ0n) is 9.26. The maximum atomic E-state index is 12.1. The molecule has 1 saturated heterocycles. The standard InChI is InChI=1S/C11H18N2O3/c12-7-4-5-13(6-7)10(14)8-2-1-3-9(8)11(15)16/h7-9H,1-6,12H2,(H,15,16). The van der Waals surface area contributed by atoms with Crippen molar-refractivity contribution in [3.05, 3.63) is 0 Å². The smallest absolute Gasteiger partial charge is 0.307 e. The van der Waals surface area contributed by atoms with E-state index in [0.717, 1.165) is 12.8 Å². The number of amides is 1. The molecule has 0 spiro atoms. The molecule has 2 fully saturated rings. The predicted octanol–water partition coefficient (Wildman–Crippen LogP) is 0.0469. The number of hydrogen-bond donors (Lipinski definition) is 2. The van der Waals surface area contributed by atoms with Gasteiger partial charge >= 0.3 is 5.97 Å². The third kappa shape index (κ3) is 2.04. The third-order valence-electron chi connectivity index (χ3n) is 3.69. The topological polar surface area (TPSA) is 83.6 Å². The summed E-state index contributed by atoms with van der Waals surface area (Å²) in [6.45, 7) is 1.27. The van der Waals surface area contributed by atoms with Crippen molar-refractivity contribution in [1.82, 2.24) is 4.90 Å². The summed E-state index contributed by atoms with van der Waals surface area (Å²) in [4.78, 5) is 24.8. The molecule has 0 aromatic carbocycles. The van der Waals surface area contributed by atoms with Crippen LogP contribution in [0.5, 0.6) is 0 Å². The first kappa shape index (κ1) is 11.4. The minimum Gasteiger partial charge on any atom is -0.481 e. The van der Waals surface area contributed by atoms with Crippen LogP contribution >= 0.6 is 0 Å². The van der Waals surface area contributed by atoms with Gasteiger partial charge in [-0.2, -0.15) is 0 Å². The van der Waals surface area contributed by atoms with E-state index in [9.17, 15) is 9.59 Å². The van der Waals surface area contributed by atoms with Gasteiger partial charge in [0.1, 0.15) is 0 Å². The summed E-state index contributed by atoms with van der Waals surface area (Å²) < 4.78 is 0. The molecule has 3 unspecified atom stereocenters. The molecule has 0 aromatic heterocycles. The van der Waals surface area contributed by atoms with Crippen LogP contribution in [0.15, 0.2) is 0 Å². The molecule has 3 N–H and O–H groups in total. The summed E-state index contributed by atoms with van der Waals surface area (Å²) in [6, 6.07) is 0.0635. The quantitative estimate of drug-likeness (QED) is 0.696. The van der Waals surface area contributed by atoms with E-state index in [1.165, 1.54) is 0 Å². The van der Waals surface area contributed by atoms with Gasteiger partial charge in [-0.05, 0) is 19.3 Å². The molecular formula is C11H18N2O3. The zero-order chi connectivity index (χ0) is 11.7. The maximum Gasteiger partial charge on any atom is 0.307 e. The van der Waals surface area contributed by atoms with Gasteiger partial charge in [-0.1, -0.05) is 6.42 Å². The van der Waals surface area contributed by atoms with Gasteiger partial charge in [-0.25, -0.2) is 0 Å². The highest BCUT2D eigenvalue weighted by atomic mass is 16.4. The van der Waals surface area contributed by atoms with Crippen LogP contribution in [-0.2, 0) is 9.59 Å². The lowest BCUT2D eigenvalue weighted by Gasteiger charge is -2.22. The molecule has 90 valence electrons. The molecule has 5 heteroatoms. The van der Waals surface area contributed by atoms with Crippen molar-refractivity contribution in [3.63, 3.8) is 0 Å². The summed E-state index contributed by atoms with van der Waals surface area (Å²) in [5.41, 5.74) is 5.75. The molecule has 0 radical (unpaired) electrons. The average molecular weight is 226 g/mol. The van der Waals surface area contributed by atoms with E-state index < -0.39 is 11.9 Å². The predicted molar refractivity (Wildman–Crippen MR) is 57.6 cm³/mol. The van der Waals surface area contributed by atoms with Gasteiger partial charge < -0.3 is 15.7 Å². The first-order valence-electron chi connectivity index (χ1n) is 5.86. The number of nitrogens with two attached hydrogens (primary N) is 1. The lowest BCUT2D eigenvalue weighted by Crippen LogP contribution is -2.39. The van der Waals surface area contributed by atoms with Crippen LogP contribution in [0, 0.1) is 11.8 Å². The molecule has 1 aliphatic heterocycles. The Morgan fingerprint density at radius 1 is 1.19 bits per heavy atom. The minimum absolute atomic E-state index is 0.00199. The molecule has 0 aromatic rings. The Balaban J connectivity index is 2.01. The van der Waals surface area contributed by atoms with Crippen LogP contribution in [-0.4, -0.2) is 41.0 Å². The van der Waals surface area contributed by atoms with E-state index in [2.05, 4.69) is 0 Å². The van der Waals surface area contributed by atoms with Crippen LogP contribution in [0.3, 0.4) is 0 Å². The van der Waals surface area contributed by atoms with Crippen molar-refractivity contribution < 1.29 is 14.7 Å². The van der Waals surface area contributed by atoms with Gasteiger partial charge in [0.25, 0.3) is 0 Å². The normalized spacial score (nSPS) is 34.3. The van der Waals surface area contributed by atoms with Crippen molar-refractivity contribution in [2.75, 3.05) is 13.1 Å². The second-order valence-corrected chi connectivity index (χ2v) is 4.82. The highest BCUT2D eigenvalue weighted by Crippen LogP contribution is 2.33. The number of carbonyl (C=O) groups excluding carboxylic acids is 1. The summed E-state index contributed by atoms with van der Waals surface area (Å²) in [5, 5.41) is 9.03. The molecule has 1 aliphatic carbocycles. The van der Waals surface area contributed by atoms with Crippen molar-refractivity contribution >= 4 is 11.9 Å². The van der Waals surface area contributed by atoms with Gasteiger partial charge in [0.15, 0.2) is 0 Å². The second-order valence-electron chi connectivity index (χ2n) is 4.82. The van der Waals surface area contributed by atoms with Crippen LogP contribution in [0.4, 0.5) is 0 Å². The van der Waals surface area contributed by atoms with E-state index in [-0.39, 0.29) is 17.9 Å². The number of rotatable bonds is 2. The lowest BCUT2D eigenvalue weighted by molar-refractivity contribution is -0.148. The molecule has 2 rings (SSSR count). The molecule has 2 aliphatic rings. The molecule has 5 nitrogen and oxygen atoms in total. The van der Waals surface area contributed by atoms with Crippen LogP contribution in [0.1, 0.15) is 25.7 Å². The zero-order valence-corrected chi connectivity index (χ0v) is 9.26.